The minimum Gasteiger partial charge on any atom is -0.497 e. The Bertz CT molecular complexity index is 1090. The van der Waals surface area contributed by atoms with Gasteiger partial charge in [-0.2, -0.15) is 4.31 Å². The van der Waals surface area contributed by atoms with E-state index in [1.54, 1.807) is 17.0 Å². The van der Waals surface area contributed by atoms with Gasteiger partial charge < -0.3 is 9.64 Å². The van der Waals surface area contributed by atoms with Gasteiger partial charge >= 0.3 is 0 Å². The van der Waals surface area contributed by atoms with Gasteiger partial charge in [0.1, 0.15) is 17.4 Å². The monoisotopic (exact) mass is 492 g/mol. The quantitative estimate of drug-likeness (QED) is 0.577. The molecule has 1 aliphatic carbocycles. The molecule has 0 aromatic heterocycles. The summed E-state index contributed by atoms with van der Waals surface area (Å²) < 4.78 is 61.2. The van der Waals surface area contributed by atoms with Gasteiger partial charge in [0.05, 0.1) is 18.6 Å². The fourth-order valence-electron chi connectivity index (χ4n) is 4.93. The number of halogens is 2. The maximum absolute atomic E-state index is 14.3. The summed E-state index contributed by atoms with van der Waals surface area (Å²) in [5, 5.41) is 0. The molecule has 6 nitrogen and oxygen atoms in total. The van der Waals surface area contributed by atoms with Crippen molar-refractivity contribution < 1.29 is 26.7 Å². The van der Waals surface area contributed by atoms with Crippen molar-refractivity contribution in [3.05, 3.63) is 59.7 Å². The van der Waals surface area contributed by atoms with Crippen molar-refractivity contribution in [2.45, 2.75) is 56.0 Å². The van der Waals surface area contributed by atoms with E-state index in [0.29, 0.717) is 18.6 Å². The summed E-state index contributed by atoms with van der Waals surface area (Å²) in [6.45, 7) is 0.334. The number of carbonyl (C=O) groups is 1. The molecule has 0 bridgehead atoms. The van der Waals surface area contributed by atoms with Crippen LogP contribution in [0.25, 0.3) is 0 Å². The molecule has 2 aromatic rings. The topological polar surface area (TPSA) is 66.9 Å². The molecule has 0 radical (unpaired) electrons. The number of sulfonamides is 1. The van der Waals surface area contributed by atoms with Gasteiger partial charge in [0, 0.05) is 30.6 Å². The zero-order valence-electron chi connectivity index (χ0n) is 19.3. The van der Waals surface area contributed by atoms with Gasteiger partial charge in [0.25, 0.3) is 0 Å². The molecular weight excluding hydrogens is 462 g/mol. The number of hydrogen-bond donors (Lipinski definition) is 0. The van der Waals surface area contributed by atoms with Crippen LogP contribution in [-0.2, 0) is 21.4 Å². The lowest BCUT2D eigenvalue weighted by Crippen LogP contribution is -2.47. The first-order chi connectivity index (χ1) is 16.3. The number of piperidine rings is 1. The third-order valence-corrected chi connectivity index (χ3v) is 8.85. The number of carbonyl (C=O) groups excluding carboxylic acids is 1. The maximum Gasteiger partial charge on any atom is 0.243 e. The second-order valence-electron chi connectivity index (χ2n) is 8.96. The van der Waals surface area contributed by atoms with E-state index in [4.69, 9.17) is 4.74 Å². The van der Waals surface area contributed by atoms with Crippen molar-refractivity contribution in [2.24, 2.45) is 5.92 Å². The average molecular weight is 493 g/mol. The van der Waals surface area contributed by atoms with Crippen LogP contribution in [0, 0.1) is 17.6 Å². The number of ether oxygens (including phenoxy) is 1. The van der Waals surface area contributed by atoms with E-state index in [9.17, 15) is 22.0 Å². The average Bonchev–Trinajstić information content (AvgIpc) is 3.38. The molecule has 0 atom stereocenters. The molecule has 0 spiro atoms. The van der Waals surface area contributed by atoms with Gasteiger partial charge in [0.15, 0.2) is 0 Å². The molecule has 34 heavy (non-hydrogen) atoms. The van der Waals surface area contributed by atoms with Gasteiger partial charge in [-0.15, -0.1) is 0 Å². The largest absolute Gasteiger partial charge is 0.497 e. The van der Waals surface area contributed by atoms with Crippen LogP contribution >= 0.6 is 0 Å². The molecule has 184 valence electrons. The fourth-order valence-corrected chi connectivity index (χ4v) is 6.40. The smallest absolute Gasteiger partial charge is 0.243 e. The second kappa shape index (κ2) is 10.4. The summed E-state index contributed by atoms with van der Waals surface area (Å²) in [5.41, 5.74) is -0.0951. The molecule has 1 aliphatic heterocycles. The van der Waals surface area contributed by atoms with Crippen LogP contribution in [0.5, 0.6) is 5.75 Å². The Labute approximate surface area is 199 Å². The molecule has 2 fully saturated rings. The molecule has 2 aliphatic rings. The lowest BCUT2D eigenvalue weighted by Gasteiger charge is -2.36. The highest BCUT2D eigenvalue weighted by Gasteiger charge is 2.37. The van der Waals surface area contributed by atoms with Crippen LogP contribution in [0.2, 0.25) is 0 Å². The molecule has 4 rings (SSSR count). The van der Waals surface area contributed by atoms with Crippen molar-refractivity contribution in [3.63, 3.8) is 0 Å². The third-order valence-electron chi connectivity index (χ3n) is 6.94. The molecule has 2 aromatic carbocycles. The van der Waals surface area contributed by atoms with Gasteiger partial charge in [-0.3, -0.25) is 4.79 Å². The minimum absolute atomic E-state index is 0.0485. The van der Waals surface area contributed by atoms with E-state index >= 15 is 0 Å². The van der Waals surface area contributed by atoms with E-state index in [1.165, 1.54) is 41.7 Å². The Hall–Kier alpha value is -2.52. The van der Waals surface area contributed by atoms with Gasteiger partial charge in [-0.05, 0) is 62.1 Å². The highest BCUT2D eigenvalue weighted by Crippen LogP contribution is 2.31. The van der Waals surface area contributed by atoms with Crippen molar-refractivity contribution in [2.75, 3.05) is 20.2 Å². The maximum atomic E-state index is 14.3. The Kier molecular flexibility index (Phi) is 7.52. The number of benzene rings is 2. The summed E-state index contributed by atoms with van der Waals surface area (Å²) in [5.74, 6) is -1.26. The first kappa shape index (κ1) is 24.6. The number of amides is 1. The SMILES string of the molecule is COc1ccc(S(=O)(=O)N2CCC(C(=O)N(Cc3c(F)cccc3F)C3CCCC3)CC2)cc1. The Morgan fingerprint density at radius 3 is 2.15 bits per heavy atom. The molecule has 0 N–H and O–H groups in total. The highest BCUT2D eigenvalue weighted by molar-refractivity contribution is 7.89. The summed E-state index contributed by atoms with van der Waals surface area (Å²) in [4.78, 5) is 15.3. The normalized spacial score (nSPS) is 18.2. The lowest BCUT2D eigenvalue weighted by molar-refractivity contribution is -0.139. The summed E-state index contributed by atoms with van der Waals surface area (Å²) in [7, 11) is -2.16. The van der Waals surface area contributed by atoms with E-state index < -0.39 is 21.7 Å². The third kappa shape index (κ3) is 5.10. The summed E-state index contributed by atoms with van der Waals surface area (Å²) in [6, 6.07) is 9.90. The molecule has 1 heterocycles. The number of nitrogens with zero attached hydrogens (tertiary/aromatic N) is 2. The minimum atomic E-state index is -3.68. The van der Waals surface area contributed by atoms with Crippen LogP contribution in [0.1, 0.15) is 44.1 Å². The first-order valence-electron chi connectivity index (χ1n) is 11.7. The summed E-state index contributed by atoms with van der Waals surface area (Å²) >= 11 is 0. The predicted octanol–water partition coefficient (Wildman–Crippen LogP) is 4.35. The number of methoxy groups -OCH3 is 1. The first-order valence-corrected chi connectivity index (χ1v) is 13.1. The van der Waals surface area contributed by atoms with Crippen LogP contribution in [0.4, 0.5) is 8.78 Å². The molecule has 1 amide bonds. The molecule has 9 heteroatoms. The van der Waals surface area contributed by atoms with E-state index in [1.807, 2.05) is 0 Å². The van der Waals surface area contributed by atoms with Gasteiger partial charge in [0.2, 0.25) is 15.9 Å². The van der Waals surface area contributed by atoms with E-state index in [2.05, 4.69) is 0 Å². The fraction of sp³-hybridized carbons (Fsp3) is 0.480. The molecule has 0 unspecified atom stereocenters. The molecule has 1 saturated carbocycles. The van der Waals surface area contributed by atoms with E-state index in [-0.39, 0.29) is 48.0 Å². The Balaban J connectivity index is 1.46. The van der Waals surface area contributed by atoms with Crippen molar-refractivity contribution in [1.29, 1.82) is 0 Å². The second-order valence-corrected chi connectivity index (χ2v) is 10.9. The van der Waals surface area contributed by atoms with Crippen molar-refractivity contribution in [3.8, 4) is 5.75 Å². The summed E-state index contributed by atoms with van der Waals surface area (Å²) in [6.07, 6.45) is 4.33. The Morgan fingerprint density at radius 1 is 1.00 bits per heavy atom. The standard InChI is InChI=1S/C25H30F2N2O4S/c1-33-20-9-11-21(12-10-20)34(31,32)28-15-13-18(14-16-28)25(30)29(19-5-2-3-6-19)17-22-23(26)7-4-8-24(22)27/h4,7-12,18-19H,2-3,5-6,13-17H2,1H3. The van der Waals surface area contributed by atoms with Crippen LogP contribution in [0.15, 0.2) is 47.4 Å². The van der Waals surface area contributed by atoms with Crippen molar-refractivity contribution in [1.82, 2.24) is 9.21 Å². The number of rotatable bonds is 7. The molecule has 1 saturated heterocycles. The zero-order valence-corrected chi connectivity index (χ0v) is 20.1. The zero-order chi connectivity index (χ0) is 24.3. The Morgan fingerprint density at radius 2 is 1.59 bits per heavy atom. The van der Waals surface area contributed by atoms with Crippen molar-refractivity contribution >= 4 is 15.9 Å². The van der Waals surface area contributed by atoms with Crippen LogP contribution < -0.4 is 4.74 Å². The number of hydrogen-bond acceptors (Lipinski definition) is 4. The van der Waals surface area contributed by atoms with Gasteiger partial charge in [-0.25, -0.2) is 17.2 Å². The van der Waals surface area contributed by atoms with Crippen LogP contribution in [-0.4, -0.2) is 49.8 Å². The molecular formula is C25H30F2N2O4S. The lowest BCUT2D eigenvalue weighted by atomic mass is 9.95. The predicted molar refractivity (Wildman–Crippen MR) is 124 cm³/mol. The van der Waals surface area contributed by atoms with E-state index in [0.717, 1.165) is 25.7 Å². The highest BCUT2D eigenvalue weighted by atomic mass is 32.2. The van der Waals surface area contributed by atoms with Gasteiger partial charge in [-0.1, -0.05) is 18.9 Å². The van der Waals surface area contributed by atoms with Crippen LogP contribution in [0.3, 0.4) is 0 Å².